The topological polar surface area (TPSA) is 23.5 Å². The maximum Gasteiger partial charge on any atom is 0.0558 e. The van der Waals surface area contributed by atoms with Crippen molar-refractivity contribution in [3.63, 3.8) is 0 Å². The molecule has 2 nitrogen and oxygen atoms in total. The molecule has 0 aromatic heterocycles. The van der Waals surface area contributed by atoms with Crippen LogP contribution in [-0.2, 0) is 6.54 Å². The fraction of sp³-hybridized carbons (Fsp3) is 0.538. The lowest BCUT2D eigenvalue weighted by molar-refractivity contribution is 0.188. The zero-order valence-electron chi connectivity index (χ0n) is 9.82. The standard InChI is InChI=1S/C13H20INO/c1-2-3-8-15(9-10-16)11-12-4-6-13(14)7-5-12/h4-7,16H,2-3,8-11H2,1H3. The van der Waals surface area contributed by atoms with Gasteiger partial charge in [0.05, 0.1) is 6.61 Å². The summed E-state index contributed by atoms with van der Waals surface area (Å²) in [5, 5.41) is 9.02. The molecule has 0 saturated heterocycles. The molecule has 0 radical (unpaired) electrons. The summed E-state index contributed by atoms with van der Waals surface area (Å²) in [5.74, 6) is 0. The lowest BCUT2D eigenvalue weighted by Gasteiger charge is -2.21. The SMILES string of the molecule is CCCCN(CCO)Cc1ccc(I)cc1. The smallest absolute Gasteiger partial charge is 0.0558 e. The van der Waals surface area contributed by atoms with Crippen LogP contribution in [0.2, 0.25) is 0 Å². The normalized spacial score (nSPS) is 11.0. The Balaban J connectivity index is 2.49. The Morgan fingerprint density at radius 1 is 1.19 bits per heavy atom. The van der Waals surface area contributed by atoms with Crippen LogP contribution < -0.4 is 0 Å². The molecule has 90 valence electrons. The molecule has 1 aromatic rings. The Kier molecular flexibility index (Phi) is 7.00. The van der Waals surface area contributed by atoms with Crippen LogP contribution in [0.25, 0.3) is 0 Å². The maximum atomic E-state index is 9.02. The second kappa shape index (κ2) is 8.03. The van der Waals surface area contributed by atoms with E-state index >= 15 is 0 Å². The Bertz CT molecular complexity index is 286. The van der Waals surface area contributed by atoms with Crippen LogP contribution in [0.15, 0.2) is 24.3 Å². The van der Waals surface area contributed by atoms with Crippen molar-refractivity contribution in [1.29, 1.82) is 0 Å². The molecule has 0 bridgehead atoms. The van der Waals surface area contributed by atoms with Gasteiger partial charge in [0.1, 0.15) is 0 Å². The van der Waals surface area contributed by atoms with Crippen LogP contribution in [0.5, 0.6) is 0 Å². The van der Waals surface area contributed by atoms with Gasteiger partial charge >= 0.3 is 0 Å². The van der Waals surface area contributed by atoms with Crippen LogP contribution in [0.1, 0.15) is 25.3 Å². The minimum absolute atomic E-state index is 0.244. The summed E-state index contributed by atoms with van der Waals surface area (Å²) in [4.78, 5) is 2.31. The quantitative estimate of drug-likeness (QED) is 0.776. The van der Waals surface area contributed by atoms with Crippen LogP contribution >= 0.6 is 22.6 Å². The van der Waals surface area contributed by atoms with Crippen molar-refractivity contribution in [3.8, 4) is 0 Å². The first kappa shape index (κ1) is 13.9. The average Bonchev–Trinajstić information content (AvgIpc) is 2.29. The molecule has 0 aliphatic rings. The maximum absolute atomic E-state index is 9.02. The fourth-order valence-corrected chi connectivity index (χ4v) is 2.00. The summed E-state index contributed by atoms with van der Waals surface area (Å²) in [6.07, 6.45) is 2.40. The number of aliphatic hydroxyl groups is 1. The van der Waals surface area contributed by atoms with E-state index in [1.807, 2.05) is 0 Å². The predicted molar refractivity (Wildman–Crippen MR) is 76.4 cm³/mol. The van der Waals surface area contributed by atoms with Gasteiger partial charge in [-0.1, -0.05) is 25.5 Å². The van der Waals surface area contributed by atoms with Gasteiger partial charge in [0.25, 0.3) is 0 Å². The number of rotatable bonds is 7. The van der Waals surface area contributed by atoms with Crippen LogP contribution in [0, 0.1) is 3.57 Å². The van der Waals surface area contributed by atoms with E-state index in [9.17, 15) is 0 Å². The summed E-state index contributed by atoms with van der Waals surface area (Å²) in [5.41, 5.74) is 1.32. The number of aliphatic hydroxyl groups excluding tert-OH is 1. The average molecular weight is 333 g/mol. The molecular weight excluding hydrogens is 313 g/mol. The van der Waals surface area contributed by atoms with Crippen molar-refractivity contribution in [2.75, 3.05) is 19.7 Å². The largest absolute Gasteiger partial charge is 0.395 e. The zero-order chi connectivity index (χ0) is 11.8. The third kappa shape index (κ3) is 5.27. The van der Waals surface area contributed by atoms with E-state index in [2.05, 4.69) is 58.7 Å². The third-order valence-corrected chi connectivity index (χ3v) is 3.28. The highest BCUT2D eigenvalue weighted by Gasteiger charge is 2.04. The van der Waals surface area contributed by atoms with E-state index in [1.165, 1.54) is 22.0 Å². The highest BCUT2D eigenvalue weighted by Crippen LogP contribution is 2.09. The van der Waals surface area contributed by atoms with Gasteiger partial charge in [0.2, 0.25) is 0 Å². The Morgan fingerprint density at radius 3 is 2.44 bits per heavy atom. The van der Waals surface area contributed by atoms with Crippen molar-refractivity contribution >= 4 is 22.6 Å². The Morgan fingerprint density at radius 2 is 1.88 bits per heavy atom. The van der Waals surface area contributed by atoms with E-state index in [0.717, 1.165) is 19.6 Å². The van der Waals surface area contributed by atoms with Gasteiger partial charge in [-0.2, -0.15) is 0 Å². The van der Waals surface area contributed by atoms with Gasteiger partial charge in [0, 0.05) is 16.7 Å². The van der Waals surface area contributed by atoms with E-state index < -0.39 is 0 Å². The van der Waals surface area contributed by atoms with Gasteiger partial charge in [0.15, 0.2) is 0 Å². The lowest BCUT2D eigenvalue weighted by Crippen LogP contribution is -2.27. The fourth-order valence-electron chi connectivity index (χ4n) is 1.64. The number of nitrogens with zero attached hydrogens (tertiary/aromatic N) is 1. The number of hydrogen-bond donors (Lipinski definition) is 1. The van der Waals surface area contributed by atoms with Gasteiger partial charge in [-0.05, 0) is 53.3 Å². The van der Waals surface area contributed by atoms with Crippen molar-refractivity contribution in [2.24, 2.45) is 0 Å². The van der Waals surface area contributed by atoms with Crippen molar-refractivity contribution < 1.29 is 5.11 Å². The number of benzene rings is 1. The highest BCUT2D eigenvalue weighted by molar-refractivity contribution is 14.1. The first-order valence-corrected chi connectivity index (χ1v) is 6.91. The second-order valence-corrected chi connectivity index (χ2v) is 5.23. The minimum atomic E-state index is 0.244. The molecule has 1 aromatic carbocycles. The number of hydrogen-bond acceptors (Lipinski definition) is 2. The molecule has 0 amide bonds. The minimum Gasteiger partial charge on any atom is -0.395 e. The molecule has 0 fully saturated rings. The van der Waals surface area contributed by atoms with Gasteiger partial charge in [-0.15, -0.1) is 0 Å². The van der Waals surface area contributed by atoms with Crippen molar-refractivity contribution in [2.45, 2.75) is 26.3 Å². The molecular formula is C13H20INO. The van der Waals surface area contributed by atoms with Gasteiger partial charge in [-0.25, -0.2) is 0 Å². The molecule has 0 saturated carbocycles. The summed E-state index contributed by atoms with van der Waals surface area (Å²) >= 11 is 2.32. The molecule has 0 aliphatic heterocycles. The molecule has 0 atom stereocenters. The summed E-state index contributed by atoms with van der Waals surface area (Å²) in [7, 11) is 0. The lowest BCUT2D eigenvalue weighted by atomic mass is 10.2. The van der Waals surface area contributed by atoms with Crippen LogP contribution in [0.4, 0.5) is 0 Å². The van der Waals surface area contributed by atoms with Gasteiger partial charge < -0.3 is 5.11 Å². The zero-order valence-corrected chi connectivity index (χ0v) is 12.0. The molecule has 3 heteroatoms. The van der Waals surface area contributed by atoms with Crippen LogP contribution in [0.3, 0.4) is 0 Å². The van der Waals surface area contributed by atoms with E-state index in [-0.39, 0.29) is 6.61 Å². The summed E-state index contributed by atoms with van der Waals surface area (Å²) in [6.45, 7) is 5.22. The van der Waals surface area contributed by atoms with Crippen molar-refractivity contribution in [1.82, 2.24) is 4.90 Å². The third-order valence-electron chi connectivity index (χ3n) is 2.56. The molecule has 1 rings (SSSR count). The first-order chi connectivity index (χ1) is 7.76. The number of halogens is 1. The van der Waals surface area contributed by atoms with E-state index in [4.69, 9.17) is 5.11 Å². The molecule has 0 heterocycles. The summed E-state index contributed by atoms with van der Waals surface area (Å²) in [6, 6.07) is 8.59. The Labute approximate surface area is 112 Å². The van der Waals surface area contributed by atoms with Crippen LogP contribution in [-0.4, -0.2) is 29.7 Å². The highest BCUT2D eigenvalue weighted by atomic mass is 127. The Hall–Kier alpha value is -0.130. The monoisotopic (exact) mass is 333 g/mol. The number of unbranched alkanes of at least 4 members (excludes halogenated alkanes) is 1. The van der Waals surface area contributed by atoms with Gasteiger partial charge in [-0.3, -0.25) is 4.90 Å². The van der Waals surface area contributed by atoms with E-state index in [0.29, 0.717) is 0 Å². The first-order valence-electron chi connectivity index (χ1n) is 5.84. The predicted octanol–water partition coefficient (Wildman–Crippen LogP) is 2.89. The van der Waals surface area contributed by atoms with E-state index in [1.54, 1.807) is 0 Å². The summed E-state index contributed by atoms with van der Waals surface area (Å²) < 4.78 is 1.27. The molecule has 1 N–H and O–H groups in total. The van der Waals surface area contributed by atoms with Crippen molar-refractivity contribution in [3.05, 3.63) is 33.4 Å². The molecule has 0 spiro atoms. The molecule has 0 unspecified atom stereocenters. The molecule has 0 aliphatic carbocycles. The molecule has 16 heavy (non-hydrogen) atoms. The second-order valence-electron chi connectivity index (χ2n) is 3.98.